The first kappa shape index (κ1) is 14.8. The molecule has 0 saturated heterocycles. The predicted octanol–water partition coefficient (Wildman–Crippen LogP) is -0.628. The zero-order valence-corrected chi connectivity index (χ0v) is 11.1. The number of carboxylic acid groups (broad SMARTS) is 1. The second kappa shape index (κ2) is 7.25. The van der Waals surface area contributed by atoms with Gasteiger partial charge in [-0.1, -0.05) is 17.7 Å². The fraction of sp³-hybridized carbons (Fsp3) is 0.273. The van der Waals surface area contributed by atoms with Crippen molar-refractivity contribution in [3.63, 3.8) is 0 Å². The third kappa shape index (κ3) is 5.39. The van der Waals surface area contributed by atoms with E-state index in [1.807, 2.05) is 0 Å². The molecule has 98 valence electrons. The largest absolute Gasteiger partial charge is 0.544 e. The van der Waals surface area contributed by atoms with Gasteiger partial charge in [0, 0.05) is 10.7 Å². The molecule has 0 fully saturated rings. The van der Waals surface area contributed by atoms with Gasteiger partial charge in [0.1, 0.15) is 6.04 Å². The minimum Gasteiger partial charge on any atom is -0.544 e. The number of carboxylic acids is 1. The summed E-state index contributed by atoms with van der Waals surface area (Å²) in [6.45, 7) is 0. The molecule has 18 heavy (non-hydrogen) atoms. The van der Waals surface area contributed by atoms with E-state index in [9.17, 15) is 14.7 Å². The maximum atomic E-state index is 11.5. The highest BCUT2D eigenvalue weighted by molar-refractivity contribution is 8.00. The molecule has 0 heterocycles. The molecular formula is C11H13ClN2O3S. The SMILES string of the molecule is [NH3+][C@@H](CSCC(=O)Nc1cccc(Cl)c1)C(=O)[O-]. The number of rotatable bonds is 6. The van der Waals surface area contributed by atoms with Crippen molar-refractivity contribution in [1.82, 2.24) is 0 Å². The van der Waals surface area contributed by atoms with Gasteiger partial charge in [0.15, 0.2) is 0 Å². The molecule has 4 N–H and O–H groups in total. The number of carbonyl (C=O) groups is 2. The van der Waals surface area contributed by atoms with Crippen LogP contribution in [0.3, 0.4) is 0 Å². The molecule has 0 spiro atoms. The zero-order valence-electron chi connectivity index (χ0n) is 9.52. The van der Waals surface area contributed by atoms with Crippen LogP contribution in [0.5, 0.6) is 0 Å². The lowest BCUT2D eigenvalue weighted by Crippen LogP contribution is -2.69. The first-order valence-electron chi connectivity index (χ1n) is 5.16. The highest BCUT2D eigenvalue weighted by Crippen LogP contribution is 2.15. The van der Waals surface area contributed by atoms with Crippen LogP contribution in [0.2, 0.25) is 5.02 Å². The standard InChI is InChI=1S/C11H13ClN2O3S/c12-7-2-1-3-8(4-7)14-10(15)6-18-5-9(13)11(16)17/h1-4,9H,5-6,13H2,(H,14,15)(H,16,17)/t9-/m0/s1. The molecule has 1 aromatic rings. The number of benzene rings is 1. The van der Waals surface area contributed by atoms with Gasteiger partial charge in [-0.15, -0.1) is 11.8 Å². The summed E-state index contributed by atoms with van der Waals surface area (Å²) in [5.41, 5.74) is 4.01. The summed E-state index contributed by atoms with van der Waals surface area (Å²) >= 11 is 6.96. The summed E-state index contributed by atoms with van der Waals surface area (Å²) in [5, 5.41) is 13.6. The number of carbonyl (C=O) groups excluding carboxylic acids is 2. The predicted molar refractivity (Wildman–Crippen MR) is 69.1 cm³/mol. The summed E-state index contributed by atoms with van der Waals surface area (Å²) < 4.78 is 0. The van der Waals surface area contributed by atoms with E-state index >= 15 is 0 Å². The molecule has 1 rings (SSSR count). The normalized spacial score (nSPS) is 11.9. The number of hydrogen-bond donors (Lipinski definition) is 2. The minimum atomic E-state index is -1.21. The van der Waals surface area contributed by atoms with Gasteiger partial charge in [0.25, 0.3) is 0 Å². The Morgan fingerprint density at radius 2 is 2.22 bits per heavy atom. The number of amides is 1. The second-order valence-corrected chi connectivity index (χ2v) is 5.06. The van der Waals surface area contributed by atoms with Gasteiger partial charge in [-0.25, -0.2) is 0 Å². The lowest BCUT2D eigenvalue weighted by atomic mass is 10.3. The van der Waals surface area contributed by atoms with Crippen LogP contribution < -0.4 is 16.2 Å². The smallest absolute Gasteiger partial charge is 0.234 e. The van der Waals surface area contributed by atoms with Gasteiger partial charge in [0.05, 0.1) is 17.5 Å². The molecule has 1 atom stereocenters. The average Bonchev–Trinajstić information content (AvgIpc) is 2.28. The van der Waals surface area contributed by atoms with Crippen LogP contribution in [0.1, 0.15) is 0 Å². The van der Waals surface area contributed by atoms with Crippen molar-refractivity contribution >= 4 is 40.9 Å². The summed E-state index contributed by atoms with van der Waals surface area (Å²) in [7, 11) is 0. The van der Waals surface area contributed by atoms with Gasteiger partial charge in [-0.3, -0.25) is 4.79 Å². The van der Waals surface area contributed by atoms with Crippen LogP contribution in [0, 0.1) is 0 Å². The van der Waals surface area contributed by atoms with Crippen LogP contribution in [-0.4, -0.2) is 29.4 Å². The van der Waals surface area contributed by atoms with Crippen molar-refractivity contribution in [3.8, 4) is 0 Å². The van der Waals surface area contributed by atoms with Crippen molar-refractivity contribution < 1.29 is 20.4 Å². The van der Waals surface area contributed by atoms with E-state index in [0.29, 0.717) is 10.7 Å². The molecule has 0 radical (unpaired) electrons. The molecule has 7 heteroatoms. The van der Waals surface area contributed by atoms with E-state index < -0.39 is 12.0 Å². The van der Waals surface area contributed by atoms with Crippen molar-refractivity contribution in [2.75, 3.05) is 16.8 Å². The van der Waals surface area contributed by atoms with Crippen LogP contribution in [0.4, 0.5) is 5.69 Å². The van der Waals surface area contributed by atoms with Gasteiger partial charge in [-0.05, 0) is 18.2 Å². The Hall–Kier alpha value is -1.24. The lowest BCUT2D eigenvalue weighted by molar-refractivity contribution is -0.431. The summed E-state index contributed by atoms with van der Waals surface area (Å²) in [6.07, 6.45) is 0. The first-order chi connectivity index (χ1) is 8.49. The van der Waals surface area contributed by atoms with E-state index in [1.54, 1.807) is 24.3 Å². The molecule has 0 bridgehead atoms. The molecule has 0 aromatic heterocycles. The summed E-state index contributed by atoms with van der Waals surface area (Å²) in [6, 6.07) is 5.98. The third-order valence-electron chi connectivity index (χ3n) is 1.99. The van der Waals surface area contributed by atoms with Gasteiger partial charge >= 0.3 is 0 Å². The molecule has 0 aliphatic rings. The lowest BCUT2D eigenvalue weighted by Gasteiger charge is -2.09. The van der Waals surface area contributed by atoms with Crippen LogP contribution >= 0.6 is 23.4 Å². The number of halogens is 1. The van der Waals surface area contributed by atoms with E-state index in [0.717, 1.165) is 0 Å². The van der Waals surface area contributed by atoms with Crippen LogP contribution in [-0.2, 0) is 9.59 Å². The fourth-order valence-corrected chi connectivity index (χ4v) is 2.11. The van der Waals surface area contributed by atoms with Gasteiger partial charge < -0.3 is 21.0 Å². The van der Waals surface area contributed by atoms with Gasteiger partial charge in [-0.2, -0.15) is 0 Å². The highest BCUT2D eigenvalue weighted by atomic mass is 35.5. The quantitative estimate of drug-likeness (QED) is 0.728. The van der Waals surface area contributed by atoms with Crippen LogP contribution in [0.15, 0.2) is 24.3 Å². The summed E-state index contributed by atoms with van der Waals surface area (Å²) in [4.78, 5) is 21.9. The molecule has 5 nitrogen and oxygen atoms in total. The molecule has 0 unspecified atom stereocenters. The monoisotopic (exact) mass is 288 g/mol. The molecule has 0 aliphatic carbocycles. The summed E-state index contributed by atoms with van der Waals surface area (Å²) in [5.74, 6) is -1.03. The molecule has 1 aromatic carbocycles. The highest BCUT2D eigenvalue weighted by Gasteiger charge is 2.09. The Labute approximate surface area is 114 Å². The van der Waals surface area contributed by atoms with E-state index in [2.05, 4.69) is 11.1 Å². The number of aliphatic carboxylic acids is 1. The Balaban J connectivity index is 2.32. The van der Waals surface area contributed by atoms with Crippen molar-refractivity contribution in [2.45, 2.75) is 6.04 Å². The van der Waals surface area contributed by atoms with Gasteiger partial charge in [0.2, 0.25) is 5.91 Å². The Morgan fingerprint density at radius 1 is 1.50 bits per heavy atom. The number of anilines is 1. The molecular weight excluding hydrogens is 276 g/mol. The Bertz CT molecular complexity index is 442. The van der Waals surface area contributed by atoms with Crippen molar-refractivity contribution in [3.05, 3.63) is 29.3 Å². The molecule has 0 aliphatic heterocycles. The Kier molecular flexibility index (Phi) is 5.97. The topological polar surface area (TPSA) is 96.9 Å². The Morgan fingerprint density at radius 3 is 2.83 bits per heavy atom. The van der Waals surface area contributed by atoms with E-state index in [1.165, 1.54) is 11.8 Å². The number of thioether (sulfide) groups is 1. The number of quaternary nitrogens is 1. The first-order valence-corrected chi connectivity index (χ1v) is 6.69. The number of nitrogens with one attached hydrogen (secondary N) is 1. The second-order valence-electron chi connectivity index (χ2n) is 3.59. The van der Waals surface area contributed by atoms with Crippen molar-refractivity contribution in [1.29, 1.82) is 0 Å². The van der Waals surface area contributed by atoms with Crippen LogP contribution in [0.25, 0.3) is 0 Å². The molecule has 0 saturated carbocycles. The van der Waals surface area contributed by atoms with E-state index in [-0.39, 0.29) is 17.4 Å². The fourth-order valence-electron chi connectivity index (χ4n) is 1.13. The maximum Gasteiger partial charge on any atom is 0.234 e. The van der Waals surface area contributed by atoms with E-state index in [4.69, 9.17) is 11.6 Å². The minimum absolute atomic E-state index is 0.159. The molecule has 1 amide bonds. The zero-order chi connectivity index (χ0) is 13.5. The number of hydrogen-bond acceptors (Lipinski definition) is 4. The van der Waals surface area contributed by atoms with Crippen molar-refractivity contribution in [2.24, 2.45) is 0 Å². The maximum absolute atomic E-state index is 11.5. The third-order valence-corrected chi connectivity index (χ3v) is 3.33. The average molecular weight is 289 g/mol.